The molecule has 1 saturated heterocycles. The van der Waals surface area contributed by atoms with Crippen molar-refractivity contribution in [3.8, 4) is 0 Å². The molecule has 2 N–H and O–H groups in total. The van der Waals surface area contributed by atoms with Gasteiger partial charge in [0.05, 0.1) is 11.8 Å². The van der Waals surface area contributed by atoms with Gasteiger partial charge in [-0.05, 0) is 55.5 Å². The topological polar surface area (TPSA) is 48.4 Å². The van der Waals surface area contributed by atoms with Crippen LogP contribution in [-0.2, 0) is 6.54 Å². The first-order chi connectivity index (χ1) is 11.1. The van der Waals surface area contributed by atoms with Crippen LogP contribution in [0, 0.1) is 13.8 Å². The largest absolute Gasteiger partial charge is 0.393 e. The first-order valence-electron chi connectivity index (χ1n) is 8.32. The molecule has 2 aromatic rings. The molecule has 0 saturated carbocycles. The Hall–Kier alpha value is -2.07. The average molecular weight is 311 g/mol. The van der Waals surface area contributed by atoms with Crippen molar-refractivity contribution in [2.45, 2.75) is 39.3 Å². The molecule has 23 heavy (non-hydrogen) atoms. The van der Waals surface area contributed by atoms with Gasteiger partial charge in [-0.15, -0.1) is 0 Å². The number of nitrogens with one attached hydrogen (secondary N) is 1. The summed E-state index contributed by atoms with van der Waals surface area (Å²) in [6.45, 7) is 6.82. The second-order valence-electron chi connectivity index (χ2n) is 6.31. The van der Waals surface area contributed by atoms with Crippen molar-refractivity contribution >= 4 is 11.5 Å². The molecular weight excluding hydrogens is 286 g/mol. The minimum Gasteiger partial charge on any atom is -0.393 e. The maximum Gasteiger partial charge on any atom is 0.151 e. The quantitative estimate of drug-likeness (QED) is 0.910. The first-order valence-corrected chi connectivity index (χ1v) is 8.32. The lowest BCUT2D eigenvalue weighted by molar-refractivity contribution is 0.145. The molecule has 1 fully saturated rings. The zero-order valence-electron chi connectivity index (χ0n) is 13.9. The second-order valence-corrected chi connectivity index (χ2v) is 6.31. The molecule has 3 rings (SSSR count). The number of pyridine rings is 1. The van der Waals surface area contributed by atoms with E-state index in [0.29, 0.717) is 0 Å². The summed E-state index contributed by atoms with van der Waals surface area (Å²) >= 11 is 0. The highest BCUT2D eigenvalue weighted by Gasteiger charge is 2.20. The number of aliphatic hydroxyl groups excluding tert-OH is 1. The van der Waals surface area contributed by atoms with Crippen LogP contribution in [0.5, 0.6) is 0 Å². The van der Waals surface area contributed by atoms with E-state index >= 15 is 0 Å². The lowest BCUT2D eigenvalue weighted by Gasteiger charge is -2.31. The molecule has 0 spiro atoms. The Labute approximate surface area is 138 Å². The molecule has 1 aromatic heterocycles. The van der Waals surface area contributed by atoms with Crippen molar-refractivity contribution < 1.29 is 5.11 Å². The molecule has 0 aliphatic carbocycles. The van der Waals surface area contributed by atoms with Gasteiger partial charge in [0.2, 0.25) is 0 Å². The maximum absolute atomic E-state index is 9.69. The summed E-state index contributed by atoms with van der Waals surface area (Å²) in [6, 6.07) is 10.5. The standard InChI is InChI=1S/C19H25N3O/c1-14-5-3-6-16(15(14)2)13-21-18-7-4-10-20-19(18)22-11-8-17(23)9-12-22/h3-7,10,17,21,23H,8-9,11-13H2,1-2H3. The number of benzene rings is 1. The summed E-state index contributed by atoms with van der Waals surface area (Å²) in [5.74, 6) is 0.990. The van der Waals surface area contributed by atoms with Crippen molar-refractivity contribution in [1.29, 1.82) is 0 Å². The van der Waals surface area contributed by atoms with Crippen LogP contribution in [0.2, 0.25) is 0 Å². The normalized spacial score (nSPS) is 15.7. The number of hydrogen-bond donors (Lipinski definition) is 2. The van der Waals surface area contributed by atoms with Crippen LogP contribution in [-0.4, -0.2) is 29.3 Å². The second kappa shape index (κ2) is 7.01. The van der Waals surface area contributed by atoms with Gasteiger partial charge in [-0.2, -0.15) is 0 Å². The molecule has 122 valence electrons. The molecule has 1 aliphatic heterocycles. The predicted molar refractivity (Wildman–Crippen MR) is 94.9 cm³/mol. The Morgan fingerprint density at radius 2 is 1.96 bits per heavy atom. The Bertz CT molecular complexity index is 663. The van der Waals surface area contributed by atoms with Gasteiger partial charge in [0.25, 0.3) is 0 Å². The molecule has 0 amide bonds. The van der Waals surface area contributed by atoms with Gasteiger partial charge < -0.3 is 15.3 Å². The van der Waals surface area contributed by atoms with Crippen molar-refractivity contribution in [1.82, 2.24) is 4.98 Å². The molecule has 1 aromatic carbocycles. The van der Waals surface area contributed by atoms with E-state index in [1.54, 1.807) is 0 Å². The molecule has 4 heteroatoms. The number of aromatic nitrogens is 1. The van der Waals surface area contributed by atoms with Gasteiger partial charge in [-0.1, -0.05) is 18.2 Å². The molecule has 0 atom stereocenters. The zero-order valence-corrected chi connectivity index (χ0v) is 13.9. The first kappa shape index (κ1) is 15.8. The third kappa shape index (κ3) is 3.64. The number of aryl methyl sites for hydroxylation is 1. The van der Waals surface area contributed by atoms with Crippen LogP contribution < -0.4 is 10.2 Å². The highest BCUT2D eigenvalue weighted by atomic mass is 16.3. The van der Waals surface area contributed by atoms with E-state index in [1.807, 2.05) is 12.3 Å². The highest BCUT2D eigenvalue weighted by Crippen LogP contribution is 2.26. The van der Waals surface area contributed by atoms with Crippen molar-refractivity contribution in [3.63, 3.8) is 0 Å². The van der Waals surface area contributed by atoms with Crippen LogP contribution in [0.4, 0.5) is 11.5 Å². The molecule has 2 heterocycles. The Kier molecular flexibility index (Phi) is 4.82. The summed E-state index contributed by atoms with van der Waals surface area (Å²) in [5.41, 5.74) is 5.03. The number of rotatable bonds is 4. The van der Waals surface area contributed by atoms with Gasteiger partial charge in [0, 0.05) is 25.8 Å². The molecule has 1 aliphatic rings. The van der Waals surface area contributed by atoms with Crippen LogP contribution in [0.25, 0.3) is 0 Å². The van der Waals surface area contributed by atoms with E-state index in [2.05, 4.69) is 53.3 Å². The maximum atomic E-state index is 9.69. The molecule has 0 bridgehead atoms. The van der Waals surface area contributed by atoms with Gasteiger partial charge in [0.15, 0.2) is 5.82 Å². The molecule has 0 radical (unpaired) electrons. The number of piperidine rings is 1. The fraction of sp³-hybridized carbons (Fsp3) is 0.421. The fourth-order valence-electron chi connectivity index (χ4n) is 3.06. The van der Waals surface area contributed by atoms with Crippen LogP contribution in [0.3, 0.4) is 0 Å². The van der Waals surface area contributed by atoms with E-state index in [1.165, 1.54) is 16.7 Å². The van der Waals surface area contributed by atoms with Gasteiger partial charge >= 0.3 is 0 Å². The smallest absolute Gasteiger partial charge is 0.151 e. The average Bonchev–Trinajstić information content (AvgIpc) is 2.57. The third-order valence-corrected chi connectivity index (χ3v) is 4.74. The third-order valence-electron chi connectivity index (χ3n) is 4.74. The highest BCUT2D eigenvalue weighted by molar-refractivity contribution is 5.65. The van der Waals surface area contributed by atoms with E-state index in [-0.39, 0.29) is 6.10 Å². The Morgan fingerprint density at radius 3 is 2.74 bits per heavy atom. The van der Waals surface area contributed by atoms with Crippen LogP contribution in [0.15, 0.2) is 36.5 Å². The van der Waals surface area contributed by atoms with Gasteiger partial charge in [0.1, 0.15) is 0 Å². The summed E-state index contributed by atoms with van der Waals surface area (Å²) in [5, 5.41) is 13.2. The molecular formula is C19H25N3O. The summed E-state index contributed by atoms with van der Waals surface area (Å²) in [6.07, 6.45) is 3.30. The number of aliphatic hydroxyl groups is 1. The number of anilines is 2. The van der Waals surface area contributed by atoms with Crippen molar-refractivity contribution in [3.05, 3.63) is 53.2 Å². The number of hydrogen-bond acceptors (Lipinski definition) is 4. The Morgan fingerprint density at radius 1 is 1.17 bits per heavy atom. The molecule has 0 unspecified atom stereocenters. The lowest BCUT2D eigenvalue weighted by atomic mass is 10.0. The van der Waals surface area contributed by atoms with Crippen LogP contribution in [0.1, 0.15) is 29.5 Å². The lowest BCUT2D eigenvalue weighted by Crippen LogP contribution is -2.36. The minimum absolute atomic E-state index is 0.165. The SMILES string of the molecule is Cc1cccc(CNc2cccnc2N2CCC(O)CC2)c1C. The zero-order chi connectivity index (χ0) is 16.2. The fourth-order valence-corrected chi connectivity index (χ4v) is 3.06. The van der Waals surface area contributed by atoms with Crippen LogP contribution >= 0.6 is 0 Å². The van der Waals surface area contributed by atoms with Gasteiger partial charge in [-0.3, -0.25) is 0 Å². The van der Waals surface area contributed by atoms with Gasteiger partial charge in [-0.25, -0.2) is 4.98 Å². The minimum atomic E-state index is -0.165. The molecule has 4 nitrogen and oxygen atoms in total. The van der Waals surface area contributed by atoms with Crippen molar-refractivity contribution in [2.24, 2.45) is 0 Å². The predicted octanol–water partition coefficient (Wildman–Crippen LogP) is 3.27. The summed E-state index contributed by atoms with van der Waals surface area (Å²) < 4.78 is 0. The van der Waals surface area contributed by atoms with Crippen molar-refractivity contribution in [2.75, 3.05) is 23.3 Å². The summed E-state index contributed by atoms with van der Waals surface area (Å²) in [4.78, 5) is 6.82. The van der Waals surface area contributed by atoms with E-state index in [0.717, 1.165) is 44.0 Å². The Balaban J connectivity index is 1.74. The van der Waals surface area contributed by atoms with E-state index in [4.69, 9.17) is 0 Å². The summed E-state index contributed by atoms with van der Waals surface area (Å²) in [7, 11) is 0. The monoisotopic (exact) mass is 311 g/mol. The van der Waals surface area contributed by atoms with E-state index in [9.17, 15) is 5.11 Å². The number of nitrogens with zero attached hydrogens (tertiary/aromatic N) is 2. The van der Waals surface area contributed by atoms with E-state index < -0.39 is 0 Å².